The van der Waals surface area contributed by atoms with Crippen molar-refractivity contribution in [1.82, 2.24) is 14.9 Å². The summed E-state index contributed by atoms with van der Waals surface area (Å²) in [6.45, 7) is 1.34. The summed E-state index contributed by atoms with van der Waals surface area (Å²) in [7, 11) is 0. The number of nitrogens with one attached hydrogen (secondary N) is 1. The monoisotopic (exact) mass is 375 g/mol. The van der Waals surface area contributed by atoms with Crippen molar-refractivity contribution < 1.29 is 9.59 Å². The molecule has 5 heteroatoms. The van der Waals surface area contributed by atoms with Crippen LogP contribution in [0.3, 0.4) is 0 Å². The van der Waals surface area contributed by atoms with Crippen LogP contribution in [0, 0.1) is 5.92 Å². The van der Waals surface area contributed by atoms with Gasteiger partial charge >= 0.3 is 0 Å². The lowest BCUT2D eigenvalue weighted by atomic mass is 9.89. The van der Waals surface area contributed by atoms with Crippen molar-refractivity contribution in [2.24, 2.45) is 5.92 Å². The van der Waals surface area contributed by atoms with Crippen molar-refractivity contribution in [1.29, 1.82) is 0 Å². The Balaban J connectivity index is 1.25. The van der Waals surface area contributed by atoms with E-state index in [1.54, 1.807) is 18.5 Å². The molecule has 1 saturated heterocycles. The Hall–Kier alpha value is -2.95. The maximum Gasteiger partial charge on any atom is 0.222 e. The van der Waals surface area contributed by atoms with Gasteiger partial charge in [0.1, 0.15) is 0 Å². The van der Waals surface area contributed by atoms with Crippen LogP contribution in [-0.4, -0.2) is 39.6 Å². The molecule has 0 radical (unpaired) electrons. The predicted octanol–water partition coefficient (Wildman–Crippen LogP) is 4.01. The normalized spacial score (nSPS) is 15.1. The molecule has 1 aliphatic rings. The van der Waals surface area contributed by atoms with Crippen LogP contribution in [0.1, 0.15) is 41.6 Å². The molecule has 0 atom stereocenters. The van der Waals surface area contributed by atoms with Gasteiger partial charge in [0.05, 0.1) is 0 Å². The van der Waals surface area contributed by atoms with Crippen molar-refractivity contribution in [3.8, 4) is 0 Å². The molecule has 0 saturated carbocycles. The number of nitrogens with zero attached hydrogens (tertiary/aromatic N) is 2. The SMILES string of the molecule is O=C(c1cccnc1)C1CCN(C(=O)CCCc2c[nH]c3ccccc23)CC1. The Morgan fingerprint density at radius 3 is 2.71 bits per heavy atom. The number of benzene rings is 1. The minimum atomic E-state index is -0.000490. The number of hydrogen-bond donors (Lipinski definition) is 1. The number of piperidine rings is 1. The first kappa shape index (κ1) is 18.4. The number of pyridine rings is 1. The van der Waals surface area contributed by atoms with Crippen molar-refractivity contribution in [2.75, 3.05) is 13.1 Å². The maximum absolute atomic E-state index is 12.6. The number of H-pyrrole nitrogens is 1. The van der Waals surface area contributed by atoms with Crippen molar-refractivity contribution in [3.05, 3.63) is 66.1 Å². The first-order valence-electron chi connectivity index (χ1n) is 9.99. The number of aryl methyl sites for hydroxylation is 1. The minimum Gasteiger partial charge on any atom is -0.361 e. The number of amides is 1. The van der Waals surface area contributed by atoms with Gasteiger partial charge in [-0.15, -0.1) is 0 Å². The van der Waals surface area contributed by atoms with Crippen LogP contribution in [0.2, 0.25) is 0 Å². The lowest BCUT2D eigenvalue weighted by molar-refractivity contribution is -0.132. The van der Waals surface area contributed by atoms with Gasteiger partial charge in [0.2, 0.25) is 5.91 Å². The molecular weight excluding hydrogens is 350 g/mol. The third kappa shape index (κ3) is 3.98. The number of carbonyl (C=O) groups excluding carboxylic acids is 2. The lowest BCUT2D eigenvalue weighted by Crippen LogP contribution is -2.40. The van der Waals surface area contributed by atoms with Crippen LogP contribution in [-0.2, 0) is 11.2 Å². The fraction of sp³-hybridized carbons (Fsp3) is 0.348. The number of aromatic nitrogens is 2. The van der Waals surface area contributed by atoms with E-state index in [0.29, 0.717) is 25.1 Å². The van der Waals surface area contributed by atoms with Crippen LogP contribution in [0.25, 0.3) is 10.9 Å². The van der Waals surface area contributed by atoms with E-state index in [-0.39, 0.29) is 17.6 Å². The number of para-hydroxylation sites is 1. The first-order valence-corrected chi connectivity index (χ1v) is 9.99. The Labute approximate surface area is 164 Å². The summed E-state index contributed by atoms with van der Waals surface area (Å²) < 4.78 is 0. The van der Waals surface area contributed by atoms with Crippen LogP contribution in [0.5, 0.6) is 0 Å². The molecule has 1 fully saturated rings. The highest BCUT2D eigenvalue weighted by Crippen LogP contribution is 2.23. The average molecular weight is 375 g/mol. The third-order valence-electron chi connectivity index (χ3n) is 5.68. The summed E-state index contributed by atoms with van der Waals surface area (Å²) >= 11 is 0. The second-order valence-electron chi connectivity index (χ2n) is 7.47. The number of rotatable bonds is 6. The molecule has 0 spiro atoms. The molecule has 2 aromatic heterocycles. The fourth-order valence-electron chi connectivity index (χ4n) is 4.06. The van der Waals surface area contributed by atoms with E-state index in [1.807, 2.05) is 29.3 Å². The van der Waals surface area contributed by atoms with Gasteiger partial charge in [0.25, 0.3) is 0 Å². The Morgan fingerprint density at radius 2 is 1.93 bits per heavy atom. The molecule has 1 amide bonds. The molecule has 144 valence electrons. The third-order valence-corrected chi connectivity index (χ3v) is 5.68. The van der Waals surface area contributed by atoms with Gasteiger partial charge < -0.3 is 9.88 Å². The highest BCUT2D eigenvalue weighted by Gasteiger charge is 2.27. The molecule has 3 aromatic rings. The van der Waals surface area contributed by atoms with Gasteiger partial charge in [-0.2, -0.15) is 0 Å². The van der Waals surface area contributed by atoms with E-state index >= 15 is 0 Å². The molecule has 3 heterocycles. The molecule has 1 aromatic carbocycles. The van der Waals surface area contributed by atoms with Gasteiger partial charge in [-0.25, -0.2) is 0 Å². The van der Waals surface area contributed by atoms with Crippen molar-refractivity contribution in [2.45, 2.75) is 32.1 Å². The van der Waals surface area contributed by atoms with Crippen molar-refractivity contribution in [3.63, 3.8) is 0 Å². The number of ketones is 1. The summed E-state index contributed by atoms with van der Waals surface area (Å²) in [4.78, 5) is 34.3. The molecular formula is C23H25N3O2. The molecule has 1 N–H and O–H groups in total. The highest BCUT2D eigenvalue weighted by molar-refractivity contribution is 5.97. The van der Waals surface area contributed by atoms with Crippen LogP contribution in [0.15, 0.2) is 55.0 Å². The summed E-state index contributed by atoms with van der Waals surface area (Å²) in [5.74, 6) is 0.353. The lowest BCUT2D eigenvalue weighted by Gasteiger charge is -2.31. The van der Waals surface area contributed by atoms with Crippen LogP contribution >= 0.6 is 0 Å². The number of Topliss-reactive ketones (excluding diaryl/α,β-unsaturated/α-hetero) is 1. The van der Waals surface area contributed by atoms with Gasteiger partial charge in [0.15, 0.2) is 5.78 Å². The van der Waals surface area contributed by atoms with Crippen molar-refractivity contribution >= 4 is 22.6 Å². The van der Waals surface area contributed by atoms with E-state index in [4.69, 9.17) is 0 Å². The molecule has 0 unspecified atom stereocenters. The predicted molar refractivity (Wildman–Crippen MR) is 109 cm³/mol. The van der Waals surface area contributed by atoms with E-state index in [9.17, 15) is 9.59 Å². The smallest absolute Gasteiger partial charge is 0.222 e. The van der Waals surface area contributed by atoms with E-state index in [0.717, 1.165) is 31.2 Å². The number of hydrogen-bond acceptors (Lipinski definition) is 3. The van der Waals surface area contributed by atoms with Gasteiger partial charge in [-0.1, -0.05) is 18.2 Å². The zero-order valence-corrected chi connectivity index (χ0v) is 15.9. The van der Waals surface area contributed by atoms with Gasteiger partial charge in [0, 0.05) is 60.5 Å². The second-order valence-corrected chi connectivity index (χ2v) is 7.47. The Morgan fingerprint density at radius 1 is 1.11 bits per heavy atom. The first-order chi connectivity index (χ1) is 13.7. The summed E-state index contributed by atoms with van der Waals surface area (Å²) in [5, 5.41) is 1.24. The largest absolute Gasteiger partial charge is 0.361 e. The zero-order chi connectivity index (χ0) is 19.3. The Kier molecular flexibility index (Phi) is 5.51. The second kappa shape index (κ2) is 8.38. The van der Waals surface area contributed by atoms with E-state index < -0.39 is 0 Å². The molecule has 28 heavy (non-hydrogen) atoms. The molecule has 1 aliphatic heterocycles. The average Bonchev–Trinajstić information content (AvgIpc) is 3.17. The highest BCUT2D eigenvalue weighted by atomic mass is 16.2. The molecule has 5 nitrogen and oxygen atoms in total. The number of aromatic amines is 1. The molecule has 0 aliphatic carbocycles. The summed E-state index contributed by atoms with van der Waals surface area (Å²) in [6, 6.07) is 11.9. The van der Waals surface area contributed by atoms with Gasteiger partial charge in [-0.3, -0.25) is 14.6 Å². The number of fused-ring (bicyclic) bond motifs is 1. The molecule has 0 bridgehead atoms. The van der Waals surface area contributed by atoms with Crippen LogP contribution < -0.4 is 0 Å². The molecule has 4 rings (SSSR count). The number of likely N-dealkylation sites (tertiary alicyclic amines) is 1. The minimum absolute atomic E-state index is 0.000490. The van der Waals surface area contributed by atoms with E-state index in [1.165, 1.54) is 10.9 Å². The zero-order valence-electron chi connectivity index (χ0n) is 15.9. The fourth-order valence-corrected chi connectivity index (χ4v) is 4.06. The quantitative estimate of drug-likeness (QED) is 0.662. The summed E-state index contributed by atoms with van der Waals surface area (Å²) in [5.41, 5.74) is 3.08. The Bertz CT molecular complexity index is 956. The van der Waals surface area contributed by atoms with Crippen LogP contribution in [0.4, 0.5) is 0 Å². The van der Waals surface area contributed by atoms with E-state index in [2.05, 4.69) is 22.1 Å². The summed E-state index contributed by atoms with van der Waals surface area (Å²) in [6.07, 6.45) is 9.12. The maximum atomic E-state index is 12.6. The standard InChI is InChI=1S/C23H25N3O2/c27-22(9-3-5-18-16-25-21-8-2-1-7-20(18)21)26-13-10-17(11-14-26)23(28)19-6-4-12-24-15-19/h1-2,4,6-8,12,15-17,25H,3,5,9-11,13-14H2. The topological polar surface area (TPSA) is 66.1 Å². The number of carbonyl (C=O) groups is 2. The van der Waals surface area contributed by atoms with Gasteiger partial charge in [-0.05, 0) is 49.4 Å².